The molecular weight excluding hydrogens is 359 g/mol. The first-order chi connectivity index (χ1) is 13.2. The predicted molar refractivity (Wildman–Crippen MR) is 105 cm³/mol. The van der Waals surface area contributed by atoms with Gasteiger partial charge in [-0.05, 0) is 48.9 Å². The molecule has 6 heteroatoms. The van der Waals surface area contributed by atoms with Crippen LogP contribution in [-0.4, -0.2) is 19.7 Å². The average molecular weight is 376 g/mol. The Kier molecular flexibility index (Phi) is 4.98. The molecule has 0 saturated carbocycles. The second kappa shape index (κ2) is 7.72. The molecule has 0 saturated heterocycles. The summed E-state index contributed by atoms with van der Waals surface area (Å²) < 4.78 is 15.2. The van der Waals surface area contributed by atoms with E-state index in [1.54, 1.807) is 36.3 Å². The third-order valence-corrected chi connectivity index (χ3v) is 5.13. The maximum atomic E-state index is 13.1. The summed E-state index contributed by atoms with van der Waals surface area (Å²) in [6, 6.07) is 18.6. The van der Waals surface area contributed by atoms with Crippen LogP contribution in [0.1, 0.15) is 11.1 Å². The first kappa shape index (κ1) is 17.4. The Morgan fingerprint density at radius 2 is 1.74 bits per heavy atom. The Balaban J connectivity index is 1.71. The van der Waals surface area contributed by atoms with E-state index in [0.29, 0.717) is 5.75 Å². The molecule has 27 heavy (non-hydrogen) atoms. The number of rotatable bonds is 5. The number of pyridine rings is 1. The maximum absolute atomic E-state index is 13.1. The van der Waals surface area contributed by atoms with Crippen molar-refractivity contribution in [2.75, 3.05) is 0 Å². The van der Waals surface area contributed by atoms with E-state index in [0.717, 1.165) is 27.8 Å². The van der Waals surface area contributed by atoms with Crippen molar-refractivity contribution >= 4 is 11.8 Å². The van der Waals surface area contributed by atoms with Crippen LogP contribution in [0.15, 0.2) is 78.2 Å². The van der Waals surface area contributed by atoms with Crippen molar-refractivity contribution in [3.05, 3.63) is 90.0 Å². The number of hydrogen-bond acceptors (Lipinski definition) is 4. The standard InChI is InChI=1S/C21H17FN4S/c1-15-4-10-19(11-5-15)26-20(17-3-2-12-23-13-17)24-25-21(26)27-14-16-6-8-18(22)9-7-16/h2-13H,14H2,1H3. The molecule has 2 aromatic heterocycles. The largest absolute Gasteiger partial charge is 0.270 e. The molecule has 0 bridgehead atoms. The fourth-order valence-corrected chi connectivity index (χ4v) is 3.61. The third-order valence-electron chi connectivity index (χ3n) is 4.13. The maximum Gasteiger partial charge on any atom is 0.196 e. The predicted octanol–water partition coefficient (Wildman–Crippen LogP) is 5.07. The zero-order valence-corrected chi connectivity index (χ0v) is 15.5. The minimum absolute atomic E-state index is 0.231. The van der Waals surface area contributed by atoms with Crippen LogP contribution in [0.2, 0.25) is 0 Å². The first-order valence-electron chi connectivity index (χ1n) is 8.51. The van der Waals surface area contributed by atoms with Gasteiger partial charge in [0.15, 0.2) is 11.0 Å². The van der Waals surface area contributed by atoms with Crippen molar-refractivity contribution in [1.29, 1.82) is 0 Å². The molecule has 0 radical (unpaired) electrons. The lowest BCUT2D eigenvalue weighted by Crippen LogP contribution is -2.00. The van der Waals surface area contributed by atoms with Gasteiger partial charge in [-0.2, -0.15) is 0 Å². The number of hydrogen-bond donors (Lipinski definition) is 0. The molecule has 2 heterocycles. The van der Waals surface area contributed by atoms with Gasteiger partial charge >= 0.3 is 0 Å². The number of aromatic nitrogens is 4. The molecule has 0 N–H and O–H groups in total. The summed E-state index contributed by atoms with van der Waals surface area (Å²) in [6.07, 6.45) is 3.52. The quantitative estimate of drug-likeness (QED) is 0.456. The van der Waals surface area contributed by atoms with Crippen molar-refractivity contribution in [1.82, 2.24) is 19.7 Å². The van der Waals surface area contributed by atoms with E-state index in [-0.39, 0.29) is 5.82 Å². The van der Waals surface area contributed by atoms with Crippen molar-refractivity contribution in [3.63, 3.8) is 0 Å². The topological polar surface area (TPSA) is 43.6 Å². The molecular formula is C21H17FN4S. The molecule has 0 amide bonds. The molecule has 0 atom stereocenters. The Morgan fingerprint density at radius 1 is 0.963 bits per heavy atom. The smallest absolute Gasteiger partial charge is 0.196 e. The highest BCUT2D eigenvalue weighted by atomic mass is 32.2. The van der Waals surface area contributed by atoms with Gasteiger partial charge < -0.3 is 0 Å². The van der Waals surface area contributed by atoms with Gasteiger partial charge in [-0.1, -0.05) is 41.6 Å². The second-order valence-electron chi connectivity index (χ2n) is 6.13. The van der Waals surface area contributed by atoms with Gasteiger partial charge in [0, 0.05) is 29.4 Å². The molecule has 134 valence electrons. The van der Waals surface area contributed by atoms with Crippen LogP contribution in [0.5, 0.6) is 0 Å². The highest BCUT2D eigenvalue weighted by molar-refractivity contribution is 7.98. The summed E-state index contributed by atoms with van der Waals surface area (Å²) in [5, 5.41) is 9.58. The summed E-state index contributed by atoms with van der Waals surface area (Å²) in [4.78, 5) is 4.20. The monoisotopic (exact) mass is 376 g/mol. The molecule has 4 nitrogen and oxygen atoms in total. The number of thioether (sulfide) groups is 1. The molecule has 4 aromatic rings. The third kappa shape index (κ3) is 3.90. The van der Waals surface area contributed by atoms with Gasteiger partial charge in [-0.15, -0.1) is 10.2 Å². The fraction of sp³-hybridized carbons (Fsp3) is 0.0952. The van der Waals surface area contributed by atoms with E-state index in [1.807, 2.05) is 16.7 Å². The molecule has 0 fully saturated rings. The van der Waals surface area contributed by atoms with E-state index < -0.39 is 0 Å². The Hall–Kier alpha value is -2.99. The summed E-state index contributed by atoms with van der Waals surface area (Å²) >= 11 is 1.57. The normalized spacial score (nSPS) is 10.9. The van der Waals surface area contributed by atoms with Crippen molar-refractivity contribution < 1.29 is 4.39 Å². The SMILES string of the molecule is Cc1ccc(-n2c(SCc3ccc(F)cc3)nnc2-c2cccnc2)cc1. The number of benzene rings is 2. The molecule has 2 aromatic carbocycles. The van der Waals surface area contributed by atoms with E-state index >= 15 is 0 Å². The minimum atomic E-state index is -0.231. The molecule has 0 aliphatic carbocycles. The minimum Gasteiger partial charge on any atom is -0.270 e. The van der Waals surface area contributed by atoms with Gasteiger partial charge in [0.25, 0.3) is 0 Å². The zero-order chi connectivity index (χ0) is 18.6. The van der Waals surface area contributed by atoms with Gasteiger partial charge in [0.2, 0.25) is 0 Å². The summed E-state index contributed by atoms with van der Waals surface area (Å²) in [6.45, 7) is 2.06. The van der Waals surface area contributed by atoms with Gasteiger partial charge in [-0.3, -0.25) is 9.55 Å². The Bertz CT molecular complexity index is 1030. The summed E-state index contributed by atoms with van der Waals surface area (Å²) in [7, 11) is 0. The van der Waals surface area contributed by atoms with Crippen LogP contribution in [0, 0.1) is 12.7 Å². The average Bonchev–Trinajstić information content (AvgIpc) is 3.13. The van der Waals surface area contributed by atoms with E-state index in [1.165, 1.54) is 17.7 Å². The van der Waals surface area contributed by atoms with Crippen LogP contribution in [0.3, 0.4) is 0 Å². The van der Waals surface area contributed by atoms with Crippen LogP contribution in [-0.2, 0) is 5.75 Å². The van der Waals surface area contributed by atoms with Crippen LogP contribution in [0.25, 0.3) is 17.1 Å². The van der Waals surface area contributed by atoms with E-state index in [4.69, 9.17) is 0 Å². The first-order valence-corrected chi connectivity index (χ1v) is 9.49. The van der Waals surface area contributed by atoms with Crippen molar-refractivity contribution in [3.8, 4) is 17.1 Å². The van der Waals surface area contributed by atoms with Crippen LogP contribution >= 0.6 is 11.8 Å². The highest BCUT2D eigenvalue weighted by Crippen LogP contribution is 2.29. The van der Waals surface area contributed by atoms with Crippen LogP contribution < -0.4 is 0 Å². The molecule has 0 aliphatic rings. The zero-order valence-electron chi connectivity index (χ0n) is 14.7. The van der Waals surface area contributed by atoms with Crippen LogP contribution in [0.4, 0.5) is 4.39 Å². The summed E-state index contributed by atoms with van der Waals surface area (Å²) in [5.41, 5.74) is 4.11. The van der Waals surface area contributed by atoms with Gasteiger partial charge in [0.1, 0.15) is 5.82 Å². The lowest BCUT2D eigenvalue weighted by atomic mass is 10.2. The molecule has 0 unspecified atom stereocenters. The Labute approximate surface area is 161 Å². The molecule has 0 spiro atoms. The number of nitrogens with zero attached hydrogens (tertiary/aromatic N) is 4. The van der Waals surface area contributed by atoms with Gasteiger partial charge in [-0.25, -0.2) is 4.39 Å². The summed E-state index contributed by atoms with van der Waals surface area (Å²) in [5.74, 6) is 1.19. The second-order valence-corrected chi connectivity index (χ2v) is 7.08. The fourth-order valence-electron chi connectivity index (χ4n) is 2.70. The van der Waals surface area contributed by atoms with Crippen molar-refractivity contribution in [2.45, 2.75) is 17.8 Å². The lowest BCUT2D eigenvalue weighted by molar-refractivity contribution is 0.627. The molecule has 0 aliphatic heterocycles. The highest BCUT2D eigenvalue weighted by Gasteiger charge is 2.16. The molecule has 4 rings (SSSR count). The lowest BCUT2D eigenvalue weighted by Gasteiger charge is -2.10. The van der Waals surface area contributed by atoms with Crippen molar-refractivity contribution in [2.24, 2.45) is 0 Å². The van der Waals surface area contributed by atoms with E-state index in [9.17, 15) is 4.39 Å². The number of halogens is 1. The number of aryl methyl sites for hydroxylation is 1. The Morgan fingerprint density at radius 3 is 2.44 bits per heavy atom. The van der Waals surface area contributed by atoms with Gasteiger partial charge in [0.05, 0.1) is 0 Å². The van der Waals surface area contributed by atoms with E-state index in [2.05, 4.69) is 46.4 Å².